The van der Waals surface area contributed by atoms with Crippen LogP contribution >= 0.6 is 27.5 Å². The smallest absolute Gasteiger partial charge is 0.140 e. The first-order valence-corrected chi connectivity index (χ1v) is 6.93. The number of pyridine rings is 1. The molecule has 0 atom stereocenters. The third kappa shape index (κ3) is 3.47. The fourth-order valence-electron chi connectivity index (χ4n) is 1.64. The lowest BCUT2D eigenvalue weighted by Gasteiger charge is -2.09. The summed E-state index contributed by atoms with van der Waals surface area (Å²) < 4.78 is 1.03. The minimum Gasteiger partial charge on any atom is -0.369 e. The highest BCUT2D eigenvalue weighted by Crippen LogP contribution is 2.23. The largest absolute Gasteiger partial charge is 0.369 e. The van der Waals surface area contributed by atoms with E-state index >= 15 is 0 Å². The standard InChI is InChI=1S/C14H14BrClN2/c1-10-6-8-17-14(13(10)15)18-9-7-11-2-4-12(16)5-3-11/h2-6,8H,7,9H2,1H3,(H,17,18). The summed E-state index contributed by atoms with van der Waals surface area (Å²) in [5, 5.41) is 4.10. The number of rotatable bonds is 4. The van der Waals surface area contributed by atoms with Crippen molar-refractivity contribution in [2.45, 2.75) is 13.3 Å². The predicted octanol–water partition coefficient (Wildman–Crippen LogP) is 4.46. The van der Waals surface area contributed by atoms with E-state index in [0.29, 0.717) is 0 Å². The lowest BCUT2D eigenvalue weighted by atomic mass is 10.1. The number of hydrogen-bond donors (Lipinski definition) is 1. The summed E-state index contributed by atoms with van der Waals surface area (Å²) in [5.74, 6) is 0.893. The molecule has 1 heterocycles. The molecule has 2 nitrogen and oxygen atoms in total. The van der Waals surface area contributed by atoms with E-state index in [1.807, 2.05) is 36.5 Å². The van der Waals surface area contributed by atoms with Gasteiger partial charge in [-0.3, -0.25) is 0 Å². The van der Waals surface area contributed by atoms with Crippen molar-refractivity contribution in [3.8, 4) is 0 Å². The fraction of sp³-hybridized carbons (Fsp3) is 0.214. The lowest BCUT2D eigenvalue weighted by molar-refractivity contribution is 1.00. The van der Waals surface area contributed by atoms with Gasteiger partial charge in [0.1, 0.15) is 5.82 Å². The molecule has 4 heteroatoms. The molecule has 2 rings (SSSR count). The molecule has 18 heavy (non-hydrogen) atoms. The Labute approximate surface area is 121 Å². The monoisotopic (exact) mass is 324 g/mol. The first kappa shape index (κ1) is 13.4. The third-order valence-electron chi connectivity index (χ3n) is 2.70. The topological polar surface area (TPSA) is 24.9 Å². The SMILES string of the molecule is Cc1ccnc(NCCc2ccc(Cl)cc2)c1Br. The van der Waals surface area contributed by atoms with Crippen LogP contribution in [0.3, 0.4) is 0 Å². The van der Waals surface area contributed by atoms with Gasteiger partial charge in [0.2, 0.25) is 0 Å². The Morgan fingerprint density at radius 3 is 2.67 bits per heavy atom. The number of anilines is 1. The molecule has 1 N–H and O–H groups in total. The van der Waals surface area contributed by atoms with Crippen molar-refractivity contribution in [2.75, 3.05) is 11.9 Å². The highest BCUT2D eigenvalue weighted by atomic mass is 79.9. The average molecular weight is 326 g/mol. The molecule has 0 amide bonds. The Hall–Kier alpha value is -1.06. The Morgan fingerprint density at radius 2 is 1.94 bits per heavy atom. The van der Waals surface area contributed by atoms with Crippen molar-refractivity contribution in [3.05, 3.63) is 57.2 Å². The van der Waals surface area contributed by atoms with E-state index in [0.717, 1.165) is 28.3 Å². The summed E-state index contributed by atoms with van der Waals surface area (Å²) >= 11 is 9.38. The Kier molecular flexibility index (Phi) is 4.61. The third-order valence-corrected chi connectivity index (χ3v) is 3.95. The van der Waals surface area contributed by atoms with E-state index in [4.69, 9.17) is 11.6 Å². The first-order valence-electron chi connectivity index (χ1n) is 5.76. The van der Waals surface area contributed by atoms with Crippen LogP contribution in [0.1, 0.15) is 11.1 Å². The van der Waals surface area contributed by atoms with Crippen LogP contribution in [0.15, 0.2) is 41.0 Å². The normalized spacial score (nSPS) is 10.4. The molecule has 0 unspecified atom stereocenters. The van der Waals surface area contributed by atoms with Crippen molar-refractivity contribution in [1.82, 2.24) is 4.98 Å². The Balaban J connectivity index is 1.92. The fourth-order valence-corrected chi connectivity index (χ4v) is 2.14. The van der Waals surface area contributed by atoms with Crippen molar-refractivity contribution in [3.63, 3.8) is 0 Å². The number of halogens is 2. The molecule has 0 radical (unpaired) electrons. The van der Waals surface area contributed by atoms with Crippen molar-refractivity contribution >= 4 is 33.3 Å². The van der Waals surface area contributed by atoms with Crippen LogP contribution in [0.25, 0.3) is 0 Å². The van der Waals surface area contributed by atoms with Gasteiger partial charge in [0.05, 0.1) is 4.47 Å². The molecular formula is C14H14BrClN2. The molecule has 94 valence electrons. The first-order chi connectivity index (χ1) is 8.66. The van der Waals surface area contributed by atoms with Crippen molar-refractivity contribution in [2.24, 2.45) is 0 Å². The van der Waals surface area contributed by atoms with Crippen LogP contribution < -0.4 is 5.32 Å². The van der Waals surface area contributed by atoms with Crippen LogP contribution in [0, 0.1) is 6.92 Å². The highest BCUT2D eigenvalue weighted by Gasteiger charge is 2.02. The lowest BCUT2D eigenvalue weighted by Crippen LogP contribution is -2.07. The Bertz CT molecular complexity index is 526. The minimum absolute atomic E-state index is 0.773. The van der Waals surface area contributed by atoms with Gasteiger partial charge in [0.15, 0.2) is 0 Å². The number of benzene rings is 1. The molecule has 0 saturated heterocycles. The maximum Gasteiger partial charge on any atom is 0.140 e. The number of aryl methyl sites for hydroxylation is 1. The molecule has 2 aromatic rings. The van der Waals surface area contributed by atoms with Gasteiger partial charge in [-0.15, -0.1) is 0 Å². The van der Waals surface area contributed by atoms with Crippen molar-refractivity contribution < 1.29 is 0 Å². The molecule has 0 aliphatic heterocycles. The van der Waals surface area contributed by atoms with E-state index < -0.39 is 0 Å². The van der Waals surface area contributed by atoms with Crippen molar-refractivity contribution in [1.29, 1.82) is 0 Å². The van der Waals surface area contributed by atoms with Crippen LogP contribution in [-0.4, -0.2) is 11.5 Å². The molecular weight excluding hydrogens is 312 g/mol. The predicted molar refractivity (Wildman–Crippen MR) is 80.3 cm³/mol. The van der Waals surface area contributed by atoms with Crippen LogP contribution in [0.5, 0.6) is 0 Å². The van der Waals surface area contributed by atoms with Gasteiger partial charge >= 0.3 is 0 Å². The molecule has 1 aromatic heterocycles. The molecule has 0 saturated carbocycles. The van der Waals surface area contributed by atoms with Crippen LogP contribution in [0.4, 0.5) is 5.82 Å². The summed E-state index contributed by atoms with van der Waals surface area (Å²) in [6.07, 6.45) is 2.75. The average Bonchev–Trinajstić information content (AvgIpc) is 2.37. The molecule has 1 aromatic carbocycles. The van der Waals surface area contributed by atoms with Gasteiger partial charge in [0, 0.05) is 17.8 Å². The maximum atomic E-state index is 5.85. The van der Waals surface area contributed by atoms with Gasteiger partial charge < -0.3 is 5.32 Å². The van der Waals surface area contributed by atoms with Gasteiger partial charge in [-0.05, 0) is 58.6 Å². The zero-order valence-electron chi connectivity index (χ0n) is 10.1. The van der Waals surface area contributed by atoms with Gasteiger partial charge in [0.25, 0.3) is 0 Å². The molecule has 0 aliphatic rings. The summed E-state index contributed by atoms with van der Waals surface area (Å²) in [6, 6.07) is 9.90. The molecule has 0 bridgehead atoms. The second-order valence-corrected chi connectivity index (χ2v) is 5.32. The minimum atomic E-state index is 0.773. The van der Waals surface area contributed by atoms with Gasteiger partial charge in [-0.1, -0.05) is 23.7 Å². The summed E-state index contributed by atoms with van der Waals surface area (Å²) in [6.45, 7) is 2.90. The number of aromatic nitrogens is 1. The van der Waals surface area contributed by atoms with Gasteiger partial charge in [-0.25, -0.2) is 4.98 Å². The number of nitrogens with one attached hydrogen (secondary N) is 1. The number of nitrogens with zero attached hydrogens (tertiary/aromatic N) is 1. The second-order valence-electron chi connectivity index (χ2n) is 4.09. The van der Waals surface area contributed by atoms with E-state index in [-0.39, 0.29) is 0 Å². The number of hydrogen-bond acceptors (Lipinski definition) is 2. The zero-order chi connectivity index (χ0) is 13.0. The van der Waals surface area contributed by atoms with Gasteiger partial charge in [-0.2, -0.15) is 0 Å². The molecule has 0 fully saturated rings. The van der Waals surface area contributed by atoms with E-state index in [1.54, 1.807) is 0 Å². The summed E-state index contributed by atoms with van der Waals surface area (Å²) in [4.78, 5) is 4.31. The summed E-state index contributed by atoms with van der Waals surface area (Å²) in [5.41, 5.74) is 2.44. The zero-order valence-corrected chi connectivity index (χ0v) is 12.4. The second kappa shape index (κ2) is 6.21. The molecule has 0 spiro atoms. The van der Waals surface area contributed by atoms with Crippen LogP contribution in [-0.2, 0) is 6.42 Å². The van der Waals surface area contributed by atoms with E-state index in [2.05, 4.69) is 33.2 Å². The highest BCUT2D eigenvalue weighted by molar-refractivity contribution is 9.10. The van der Waals surface area contributed by atoms with E-state index in [9.17, 15) is 0 Å². The Morgan fingerprint density at radius 1 is 1.22 bits per heavy atom. The quantitative estimate of drug-likeness (QED) is 0.897. The molecule has 0 aliphatic carbocycles. The summed E-state index contributed by atoms with van der Waals surface area (Å²) in [7, 11) is 0. The maximum absolute atomic E-state index is 5.85. The van der Waals surface area contributed by atoms with Crippen LogP contribution in [0.2, 0.25) is 5.02 Å². The van der Waals surface area contributed by atoms with E-state index in [1.165, 1.54) is 11.1 Å².